The number of ether oxygens (including phenoxy) is 1. The van der Waals surface area contributed by atoms with E-state index < -0.39 is 0 Å². The fraction of sp³-hybridized carbons (Fsp3) is 0.476. The minimum absolute atomic E-state index is 0.000762. The van der Waals surface area contributed by atoms with Crippen molar-refractivity contribution < 1.29 is 9.53 Å². The van der Waals surface area contributed by atoms with Crippen molar-refractivity contribution in [2.24, 2.45) is 0 Å². The summed E-state index contributed by atoms with van der Waals surface area (Å²) < 4.78 is 7.02. The van der Waals surface area contributed by atoms with Gasteiger partial charge < -0.3 is 14.5 Å². The Bertz CT molecular complexity index is 812. The van der Waals surface area contributed by atoms with Gasteiger partial charge in [0.2, 0.25) is 11.9 Å². The fourth-order valence-electron chi connectivity index (χ4n) is 3.90. The Hall–Kier alpha value is -2.03. The molecule has 2 aliphatic heterocycles. The number of carbonyl (C=O) groups is 1. The summed E-state index contributed by atoms with van der Waals surface area (Å²) in [6.07, 6.45) is 3.50. The van der Waals surface area contributed by atoms with Crippen molar-refractivity contribution in [2.75, 3.05) is 50.8 Å². The highest BCUT2D eigenvalue weighted by Gasteiger charge is 2.32. The van der Waals surface area contributed by atoms with Crippen LogP contribution >= 0.6 is 15.9 Å². The quantitative estimate of drug-likeness (QED) is 0.699. The van der Waals surface area contributed by atoms with Crippen molar-refractivity contribution in [3.05, 3.63) is 52.8 Å². The van der Waals surface area contributed by atoms with Crippen LogP contribution in [-0.4, -0.2) is 77.6 Å². The van der Waals surface area contributed by atoms with Crippen molar-refractivity contribution in [1.29, 1.82) is 0 Å². The predicted molar refractivity (Wildman–Crippen MR) is 115 cm³/mol. The number of halogens is 1. The van der Waals surface area contributed by atoms with Gasteiger partial charge >= 0.3 is 0 Å². The number of piperazine rings is 1. The Morgan fingerprint density at radius 1 is 1.10 bits per heavy atom. The van der Waals surface area contributed by atoms with E-state index in [1.54, 1.807) is 12.4 Å². The summed E-state index contributed by atoms with van der Waals surface area (Å²) in [6.45, 7) is 7.06. The molecule has 3 heterocycles. The molecule has 4 rings (SSSR count). The van der Waals surface area contributed by atoms with Crippen LogP contribution in [0.4, 0.5) is 5.95 Å². The van der Waals surface area contributed by atoms with Gasteiger partial charge in [-0.25, -0.2) is 9.97 Å². The van der Waals surface area contributed by atoms with Crippen LogP contribution < -0.4 is 4.90 Å². The lowest BCUT2D eigenvalue weighted by Crippen LogP contribution is -2.56. The summed E-state index contributed by atoms with van der Waals surface area (Å²) in [5.74, 6) is 0.924. The number of rotatable bonds is 4. The van der Waals surface area contributed by atoms with Crippen molar-refractivity contribution in [3.63, 3.8) is 0 Å². The minimum Gasteiger partial charge on any atom is -0.371 e. The molecule has 29 heavy (non-hydrogen) atoms. The van der Waals surface area contributed by atoms with Crippen molar-refractivity contribution in [3.8, 4) is 0 Å². The van der Waals surface area contributed by atoms with Gasteiger partial charge in [0, 0.05) is 56.1 Å². The molecule has 0 aliphatic carbocycles. The number of hydrogen-bond acceptors (Lipinski definition) is 6. The molecule has 7 nitrogen and oxygen atoms in total. The molecule has 2 unspecified atom stereocenters. The zero-order valence-electron chi connectivity index (χ0n) is 16.6. The topological polar surface area (TPSA) is 61.8 Å². The van der Waals surface area contributed by atoms with E-state index in [-0.39, 0.29) is 18.1 Å². The van der Waals surface area contributed by atoms with Crippen LogP contribution in [-0.2, 0) is 9.53 Å². The average Bonchev–Trinajstić information content (AvgIpc) is 2.79. The number of benzene rings is 1. The van der Waals surface area contributed by atoms with Gasteiger partial charge in [-0.15, -0.1) is 0 Å². The molecule has 0 N–H and O–H groups in total. The number of anilines is 1. The van der Waals surface area contributed by atoms with Gasteiger partial charge in [-0.2, -0.15) is 0 Å². The summed E-state index contributed by atoms with van der Waals surface area (Å²) >= 11 is 3.47. The molecule has 2 saturated heterocycles. The lowest BCUT2D eigenvalue weighted by atomic mass is 10.1. The van der Waals surface area contributed by atoms with Gasteiger partial charge in [0.15, 0.2) is 0 Å². The lowest BCUT2D eigenvalue weighted by Gasteiger charge is -2.40. The van der Waals surface area contributed by atoms with E-state index in [4.69, 9.17) is 4.74 Å². The summed E-state index contributed by atoms with van der Waals surface area (Å²) in [5, 5.41) is 0. The minimum atomic E-state index is -0.156. The van der Waals surface area contributed by atoms with E-state index in [9.17, 15) is 4.79 Å². The zero-order valence-corrected chi connectivity index (χ0v) is 18.2. The molecule has 8 heteroatoms. The van der Waals surface area contributed by atoms with Crippen molar-refractivity contribution in [2.45, 2.75) is 19.1 Å². The van der Waals surface area contributed by atoms with Crippen LogP contribution in [0.25, 0.3) is 0 Å². The Morgan fingerprint density at radius 3 is 2.48 bits per heavy atom. The van der Waals surface area contributed by atoms with Gasteiger partial charge in [-0.05, 0) is 30.7 Å². The largest absolute Gasteiger partial charge is 0.371 e. The molecule has 154 valence electrons. The highest BCUT2D eigenvalue weighted by atomic mass is 79.9. The molecule has 2 aliphatic rings. The third kappa shape index (κ3) is 4.76. The van der Waals surface area contributed by atoms with E-state index in [1.165, 1.54) is 0 Å². The zero-order chi connectivity index (χ0) is 20.2. The monoisotopic (exact) mass is 459 g/mol. The molecular weight excluding hydrogens is 434 g/mol. The van der Waals surface area contributed by atoms with Crippen LogP contribution in [0.3, 0.4) is 0 Å². The molecule has 0 bridgehead atoms. The standard InChI is InChI=1S/C21H26BrN5O2/c1-16(27-13-14-29-19(15-27)17-3-5-18(22)6-4-17)20(28)25-9-11-26(12-10-25)21-23-7-2-8-24-21/h2-8,16,19H,9-15H2,1H3. The SMILES string of the molecule is CC(C(=O)N1CCN(c2ncccn2)CC1)N1CCOC(c2ccc(Br)cc2)C1. The van der Waals surface area contributed by atoms with Crippen LogP contribution in [0.5, 0.6) is 0 Å². The number of morpholine rings is 1. The van der Waals surface area contributed by atoms with E-state index in [0.717, 1.165) is 42.2 Å². The molecule has 1 amide bonds. The molecule has 2 fully saturated rings. The Labute approximate surface area is 179 Å². The molecule has 0 saturated carbocycles. The number of amides is 1. The van der Waals surface area contributed by atoms with Crippen molar-refractivity contribution in [1.82, 2.24) is 19.8 Å². The molecule has 2 atom stereocenters. The second-order valence-electron chi connectivity index (χ2n) is 7.44. The van der Waals surface area contributed by atoms with Gasteiger partial charge in [-0.3, -0.25) is 9.69 Å². The first-order chi connectivity index (χ1) is 14.1. The van der Waals surface area contributed by atoms with Crippen molar-refractivity contribution >= 4 is 27.8 Å². The second kappa shape index (κ2) is 9.19. The smallest absolute Gasteiger partial charge is 0.239 e. The van der Waals surface area contributed by atoms with E-state index >= 15 is 0 Å². The van der Waals surface area contributed by atoms with Gasteiger partial charge in [0.05, 0.1) is 18.8 Å². The number of hydrogen-bond donors (Lipinski definition) is 0. The maximum Gasteiger partial charge on any atom is 0.239 e. The summed E-state index contributed by atoms with van der Waals surface area (Å²) in [7, 11) is 0. The molecular formula is C21H26BrN5O2. The lowest BCUT2D eigenvalue weighted by molar-refractivity contribution is -0.140. The first kappa shape index (κ1) is 20.3. The second-order valence-corrected chi connectivity index (χ2v) is 8.36. The first-order valence-electron chi connectivity index (χ1n) is 10.0. The number of aromatic nitrogens is 2. The van der Waals surface area contributed by atoms with Crippen LogP contribution in [0.15, 0.2) is 47.2 Å². The Balaban J connectivity index is 1.33. The fourth-order valence-corrected chi connectivity index (χ4v) is 4.17. The summed E-state index contributed by atoms with van der Waals surface area (Å²) in [6, 6.07) is 9.88. The number of nitrogens with zero attached hydrogens (tertiary/aromatic N) is 5. The maximum absolute atomic E-state index is 13.1. The van der Waals surface area contributed by atoms with Gasteiger partial charge in [0.25, 0.3) is 0 Å². The number of carbonyl (C=O) groups excluding carboxylic acids is 1. The molecule has 1 aromatic carbocycles. The highest BCUT2D eigenvalue weighted by Crippen LogP contribution is 2.25. The van der Waals surface area contributed by atoms with E-state index in [0.29, 0.717) is 19.7 Å². The predicted octanol–water partition coefficient (Wildman–Crippen LogP) is 2.35. The molecule has 1 aromatic heterocycles. The summed E-state index contributed by atoms with van der Waals surface area (Å²) in [4.78, 5) is 28.1. The Kier molecular flexibility index (Phi) is 6.42. The van der Waals surface area contributed by atoms with E-state index in [1.807, 2.05) is 30.0 Å². The maximum atomic E-state index is 13.1. The third-order valence-electron chi connectivity index (χ3n) is 5.67. The molecule has 0 spiro atoms. The first-order valence-corrected chi connectivity index (χ1v) is 10.8. The van der Waals surface area contributed by atoms with E-state index in [2.05, 4.69) is 47.8 Å². The van der Waals surface area contributed by atoms with Gasteiger partial charge in [0.1, 0.15) is 0 Å². The Morgan fingerprint density at radius 2 is 1.79 bits per heavy atom. The summed E-state index contributed by atoms with van der Waals surface area (Å²) in [5.41, 5.74) is 1.15. The van der Waals surface area contributed by atoms with Crippen LogP contribution in [0, 0.1) is 0 Å². The highest BCUT2D eigenvalue weighted by molar-refractivity contribution is 9.10. The van der Waals surface area contributed by atoms with Gasteiger partial charge in [-0.1, -0.05) is 28.1 Å². The van der Waals surface area contributed by atoms with Crippen LogP contribution in [0.2, 0.25) is 0 Å². The molecule has 0 radical (unpaired) electrons. The molecule has 2 aromatic rings. The normalized spacial score (nSPS) is 21.8. The third-order valence-corrected chi connectivity index (χ3v) is 6.20. The average molecular weight is 460 g/mol. The van der Waals surface area contributed by atoms with Crippen LogP contribution in [0.1, 0.15) is 18.6 Å².